The molecule has 0 bridgehead atoms. The fraction of sp³-hybridized carbons (Fsp3) is 0. The highest BCUT2D eigenvalue weighted by Crippen LogP contribution is 2.45. The van der Waals surface area contributed by atoms with E-state index in [2.05, 4.69) is 173 Å². The van der Waals surface area contributed by atoms with Gasteiger partial charge >= 0.3 is 0 Å². The molecule has 0 aliphatic heterocycles. The lowest BCUT2D eigenvalue weighted by Crippen LogP contribution is -2.00. The van der Waals surface area contributed by atoms with Crippen LogP contribution in [0.5, 0.6) is 0 Å². The fourth-order valence-corrected chi connectivity index (χ4v) is 8.72. The summed E-state index contributed by atoms with van der Waals surface area (Å²) in [6.07, 6.45) is 0. The van der Waals surface area contributed by atoms with E-state index in [0.29, 0.717) is 5.82 Å². The monoisotopic (exact) mass is 702 g/mol. The van der Waals surface area contributed by atoms with E-state index < -0.39 is 0 Å². The zero-order valence-corrected chi connectivity index (χ0v) is 29.5. The van der Waals surface area contributed by atoms with Crippen LogP contribution in [0.2, 0.25) is 0 Å². The summed E-state index contributed by atoms with van der Waals surface area (Å²) >= 11 is 0. The molecule has 0 saturated heterocycles. The lowest BCUT2D eigenvalue weighted by Gasteiger charge is -2.14. The van der Waals surface area contributed by atoms with E-state index >= 15 is 0 Å². The van der Waals surface area contributed by atoms with Crippen LogP contribution in [0.4, 0.5) is 0 Å². The Morgan fingerprint density at radius 2 is 0.982 bits per heavy atom. The molecule has 0 saturated carbocycles. The number of hydrogen-bond donors (Lipinski definition) is 0. The zero-order valence-electron chi connectivity index (χ0n) is 29.5. The second kappa shape index (κ2) is 11.5. The molecule has 0 amide bonds. The first kappa shape index (κ1) is 30.0. The van der Waals surface area contributed by atoms with E-state index in [-0.39, 0.29) is 0 Å². The van der Waals surface area contributed by atoms with Gasteiger partial charge in [0.2, 0.25) is 0 Å². The highest BCUT2D eigenvalue weighted by Gasteiger charge is 2.24. The number of hydrogen-bond acceptors (Lipinski definition) is 3. The van der Waals surface area contributed by atoms with E-state index in [4.69, 9.17) is 14.4 Å². The molecule has 0 N–H and O–H groups in total. The highest BCUT2D eigenvalue weighted by molar-refractivity contribution is 6.27. The number of fused-ring (bicyclic) bond motifs is 12. The van der Waals surface area contributed by atoms with Gasteiger partial charge in [-0.05, 0) is 48.5 Å². The fourth-order valence-electron chi connectivity index (χ4n) is 8.72. The van der Waals surface area contributed by atoms with Crippen molar-refractivity contribution in [2.24, 2.45) is 0 Å². The largest absolute Gasteiger partial charge is 0.454 e. The van der Waals surface area contributed by atoms with Gasteiger partial charge in [0.1, 0.15) is 5.58 Å². The minimum Gasteiger partial charge on any atom is -0.454 e. The molecule has 0 aliphatic rings. The topological polar surface area (TPSA) is 48.8 Å². The summed E-state index contributed by atoms with van der Waals surface area (Å²) in [7, 11) is 0. The Bertz CT molecular complexity index is 3480. The van der Waals surface area contributed by atoms with Crippen molar-refractivity contribution in [2.45, 2.75) is 0 Å². The van der Waals surface area contributed by atoms with Gasteiger partial charge in [0.05, 0.1) is 33.3 Å². The van der Waals surface area contributed by atoms with Crippen molar-refractivity contribution in [3.63, 3.8) is 0 Å². The van der Waals surface area contributed by atoms with Crippen molar-refractivity contribution in [3.8, 4) is 34.0 Å². The van der Waals surface area contributed by atoms with Gasteiger partial charge in [-0.25, -0.2) is 9.97 Å². The van der Waals surface area contributed by atoms with E-state index in [9.17, 15) is 0 Å². The maximum atomic E-state index is 6.82. The number of aromatic nitrogens is 4. The van der Waals surface area contributed by atoms with Crippen molar-refractivity contribution in [1.29, 1.82) is 0 Å². The minimum atomic E-state index is 0.678. The predicted octanol–water partition coefficient (Wildman–Crippen LogP) is 13.1. The Kier molecular flexibility index (Phi) is 6.27. The van der Waals surface area contributed by atoms with E-state index in [1.54, 1.807) is 0 Å². The summed E-state index contributed by atoms with van der Waals surface area (Å²) < 4.78 is 11.7. The number of rotatable bonds is 4. The van der Waals surface area contributed by atoms with Crippen LogP contribution in [0.3, 0.4) is 0 Å². The van der Waals surface area contributed by atoms with Crippen molar-refractivity contribution in [2.75, 3.05) is 0 Å². The lowest BCUT2D eigenvalue weighted by molar-refractivity contribution is 0.671. The smallest absolute Gasteiger partial charge is 0.160 e. The molecule has 0 fully saturated rings. The maximum Gasteiger partial charge on any atom is 0.160 e. The van der Waals surface area contributed by atoms with Gasteiger partial charge in [-0.15, -0.1) is 0 Å². The van der Waals surface area contributed by atoms with Crippen molar-refractivity contribution in [3.05, 3.63) is 182 Å². The molecule has 5 nitrogen and oxygen atoms in total. The van der Waals surface area contributed by atoms with Crippen LogP contribution >= 0.6 is 0 Å². The van der Waals surface area contributed by atoms with Crippen LogP contribution in [0, 0.1) is 0 Å². The molecule has 4 heterocycles. The van der Waals surface area contributed by atoms with Crippen LogP contribution in [0.1, 0.15) is 0 Å². The number of furan rings is 1. The number of benzene rings is 8. The van der Waals surface area contributed by atoms with Crippen LogP contribution in [-0.4, -0.2) is 19.1 Å². The molecule has 55 heavy (non-hydrogen) atoms. The predicted molar refractivity (Wildman–Crippen MR) is 226 cm³/mol. The third-order valence-electron chi connectivity index (χ3n) is 11.1. The summed E-state index contributed by atoms with van der Waals surface area (Å²) in [5.41, 5.74) is 12.1. The van der Waals surface area contributed by atoms with Crippen LogP contribution in [0.15, 0.2) is 186 Å². The third-order valence-corrected chi connectivity index (χ3v) is 11.1. The Hall–Kier alpha value is -7.50. The van der Waals surface area contributed by atoms with Crippen LogP contribution in [-0.2, 0) is 0 Å². The van der Waals surface area contributed by atoms with Crippen molar-refractivity contribution >= 4 is 76.5 Å². The van der Waals surface area contributed by atoms with Crippen LogP contribution < -0.4 is 0 Å². The molecule has 0 atom stereocenters. The van der Waals surface area contributed by atoms with Gasteiger partial charge in [0.15, 0.2) is 11.4 Å². The van der Waals surface area contributed by atoms with E-state index in [1.807, 2.05) is 18.2 Å². The summed E-state index contributed by atoms with van der Waals surface area (Å²) in [6, 6.07) is 64.1. The van der Waals surface area contributed by atoms with E-state index in [1.165, 1.54) is 10.8 Å². The Morgan fingerprint density at radius 3 is 1.82 bits per heavy atom. The molecule has 0 unspecified atom stereocenters. The standard InChI is InChI=1S/C50H30N4O/c1-3-14-31(15-4-1)45-41-22-7-10-23-42(41)51-50(52-45)32-16-13-19-34(30-32)54-47-38(39-28-29-40-36-21-9-12-25-44(36)55-49(40)48(39)54)27-26-37-35-20-8-11-24-43(35)53(46(37)47)33-17-5-2-6-18-33/h1-30H. The average Bonchev–Trinajstić information content (AvgIpc) is 3.92. The zero-order chi connectivity index (χ0) is 36.0. The number of para-hydroxylation sites is 4. The van der Waals surface area contributed by atoms with Gasteiger partial charge in [-0.1, -0.05) is 133 Å². The molecule has 4 aromatic heterocycles. The van der Waals surface area contributed by atoms with Gasteiger partial charge in [-0.3, -0.25) is 0 Å². The SMILES string of the molecule is c1ccc(-c2nc(-c3cccc(-n4c5c(ccc6c7ccccc7oc65)c5ccc6c7ccccc7n(-c7ccccc7)c6c54)c3)nc3ccccc23)cc1. The Morgan fingerprint density at radius 1 is 0.382 bits per heavy atom. The molecule has 12 rings (SSSR count). The van der Waals surface area contributed by atoms with Crippen molar-refractivity contribution in [1.82, 2.24) is 19.1 Å². The number of nitrogens with zero attached hydrogens (tertiary/aromatic N) is 4. The lowest BCUT2D eigenvalue weighted by atomic mass is 10.1. The second-order valence-electron chi connectivity index (χ2n) is 14.1. The van der Waals surface area contributed by atoms with Crippen LogP contribution in [0.25, 0.3) is 110 Å². The average molecular weight is 703 g/mol. The van der Waals surface area contributed by atoms with Crippen molar-refractivity contribution < 1.29 is 4.42 Å². The molecule has 5 heteroatoms. The highest BCUT2D eigenvalue weighted by atomic mass is 16.3. The summed E-state index contributed by atoms with van der Waals surface area (Å²) in [6.45, 7) is 0. The van der Waals surface area contributed by atoms with Gasteiger partial charge in [-0.2, -0.15) is 0 Å². The molecule has 12 aromatic rings. The quantitative estimate of drug-likeness (QED) is 0.183. The summed E-state index contributed by atoms with van der Waals surface area (Å²) in [5, 5.41) is 7.91. The van der Waals surface area contributed by atoms with Gasteiger partial charge in [0.25, 0.3) is 0 Å². The first-order chi connectivity index (χ1) is 27.3. The minimum absolute atomic E-state index is 0.678. The maximum absolute atomic E-state index is 6.82. The third kappa shape index (κ3) is 4.35. The summed E-state index contributed by atoms with van der Waals surface area (Å²) in [4.78, 5) is 10.4. The molecule has 0 radical (unpaired) electrons. The molecule has 0 spiro atoms. The molecule has 8 aromatic carbocycles. The van der Waals surface area contributed by atoms with Gasteiger partial charge in [0, 0.05) is 60.2 Å². The molecular formula is C50H30N4O. The molecular weight excluding hydrogens is 673 g/mol. The first-order valence-electron chi connectivity index (χ1n) is 18.6. The normalized spacial score (nSPS) is 12.0. The van der Waals surface area contributed by atoms with Gasteiger partial charge < -0.3 is 13.6 Å². The molecule has 0 aliphatic carbocycles. The summed E-state index contributed by atoms with van der Waals surface area (Å²) in [5.74, 6) is 0.678. The first-order valence-corrected chi connectivity index (χ1v) is 18.6. The Balaban J connectivity index is 1.23. The Labute approximate surface area is 315 Å². The molecule has 256 valence electrons. The van der Waals surface area contributed by atoms with E-state index in [0.717, 1.165) is 93.9 Å². The second-order valence-corrected chi connectivity index (χ2v) is 14.1.